The molecule has 0 aliphatic carbocycles. The molecule has 0 radical (unpaired) electrons. The third-order valence-electron chi connectivity index (χ3n) is 7.70. The number of carbonyl (C=O) groups is 1. The van der Waals surface area contributed by atoms with Crippen LogP contribution in [0.15, 0.2) is 52.2 Å². The highest BCUT2D eigenvalue weighted by molar-refractivity contribution is 7.89. The van der Waals surface area contributed by atoms with Gasteiger partial charge >= 0.3 is 0 Å². The van der Waals surface area contributed by atoms with Crippen LogP contribution in [0.3, 0.4) is 0 Å². The first-order valence-corrected chi connectivity index (χ1v) is 14.0. The van der Waals surface area contributed by atoms with Gasteiger partial charge in [-0.2, -0.15) is 0 Å². The SMILES string of the molecule is Cc1cc(=O)[nH]c2ccc(NC(=O)c3cc(S(=O)(=O)N(C)C)ccc3N3CCC4C3CCCN4C)cc12. The second kappa shape index (κ2) is 9.59. The molecule has 2 atom stereocenters. The molecule has 2 N–H and O–H groups in total. The van der Waals surface area contributed by atoms with Crippen molar-refractivity contribution in [1.82, 2.24) is 14.2 Å². The minimum atomic E-state index is -3.72. The van der Waals surface area contributed by atoms with Crippen LogP contribution in [0.25, 0.3) is 10.9 Å². The summed E-state index contributed by atoms with van der Waals surface area (Å²) in [5.41, 5.74) is 2.96. The van der Waals surface area contributed by atoms with Gasteiger partial charge in [0.1, 0.15) is 0 Å². The van der Waals surface area contributed by atoms with Crippen LogP contribution in [0, 0.1) is 6.92 Å². The third-order valence-corrected chi connectivity index (χ3v) is 9.51. The van der Waals surface area contributed by atoms with Crippen molar-refractivity contribution in [1.29, 1.82) is 0 Å². The molecule has 9 nitrogen and oxygen atoms in total. The van der Waals surface area contributed by atoms with Gasteiger partial charge in [-0.3, -0.25) is 9.59 Å². The molecule has 0 spiro atoms. The number of anilines is 2. The number of hydrogen-bond acceptors (Lipinski definition) is 6. The fourth-order valence-electron chi connectivity index (χ4n) is 5.73. The Labute approximate surface area is 217 Å². The number of aryl methyl sites for hydroxylation is 1. The summed E-state index contributed by atoms with van der Waals surface area (Å²) < 4.78 is 27.0. The average molecular weight is 524 g/mol. The van der Waals surface area contributed by atoms with Crippen LogP contribution in [0.4, 0.5) is 11.4 Å². The number of carbonyl (C=O) groups excluding carboxylic acids is 1. The molecule has 0 saturated carbocycles. The highest BCUT2D eigenvalue weighted by atomic mass is 32.2. The van der Waals surface area contributed by atoms with E-state index in [0.717, 1.165) is 53.3 Å². The number of aromatic amines is 1. The van der Waals surface area contributed by atoms with Crippen molar-refractivity contribution in [3.63, 3.8) is 0 Å². The topological polar surface area (TPSA) is 106 Å². The number of piperidine rings is 1. The lowest BCUT2D eigenvalue weighted by atomic mass is 9.97. The highest BCUT2D eigenvalue weighted by Crippen LogP contribution is 2.37. The number of sulfonamides is 1. The summed E-state index contributed by atoms with van der Waals surface area (Å²) in [6, 6.07) is 12.4. The van der Waals surface area contributed by atoms with E-state index in [9.17, 15) is 18.0 Å². The molecule has 10 heteroatoms. The van der Waals surface area contributed by atoms with Gasteiger partial charge in [0, 0.05) is 61.1 Å². The Hall–Kier alpha value is -3.21. The molecule has 2 unspecified atom stereocenters. The van der Waals surface area contributed by atoms with Crippen molar-refractivity contribution in [3.05, 3.63) is 63.9 Å². The Morgan fingerprint density at radius 2 is 1.84 bits per heavy atom. The second-order valence-electron chi connectivity index (χ2n) is 10.2. The van der Waals surface area contributed by atoms with E-state index < -0.39 is 10.0 Å². The Morgan fingerprint density at radius 1 is 1.05 bits per heavy atom. The number of likely N-dealkylation sites (tertiary alicyclic amines) is 1. The van der Waals surface area contributed by atoms with Gasteiger partial charge in [-0.15, -0.1) is 0 Å². The predicted octanol–water partition coefficient (Wildman–Crippen LogP) is 3.01. The fourth-order valence-corrected chi connectivity index (χ4v) is 6.66. The Morgan fingerprint density at radius 3 is 2.59 bits per heavy atom. The molecule has 3 heterocycles. The Bertz CT molecular complexity index is 1530. The Kier molecular flexibility index (Phi) is 6.59. The summed E-state index contributed by atoms with van der Waals surface area (Å²) in [5.74, 6) is -0.375. The van der Waals surface area contributed by atoms with Crippen molar-refractivity contribution in [3.8, 4) is 0 Å². The van der Waals surface area contributed by atoms with Crippen LogP contribution >= 0.6 is 0 Å². The van der Waals surface area contributed by atoms with Crippen molar-refractivity contribution in [2.45, 2.75) is 43.2 Å². The lowest BCUT2D eigenvalue weighted by Gasteiger charge is -2.39. The molecule has 1 amide bonds. The minimum Gasteiger partial charge on any atom is -0.366 e. The fraction of sp³-hybridized carbons (Fsp3) is 0.407. The summed E-state index contributed by atoms with van der Waals surface area (Å²) in [5, 5.41) is 3.80. The molecule has 2 aliphatic heterocycles. The second-order valence-corrected chi connectivity index (χ2v) is 12.4. The van der Waals surface area contributed by atoms with Gasteiger partial charge < -0.3 is 20.1 Å². The molecule has 196 valence electrons. The van der Waals surface area contributed by atoms with Gasteiger partial charge in [-0.1, -0.05) is 0 Å². The van der Waals surface area contributed by atoms with E-state index in [2.05, 4.69) is 27.1 Å². The maximum atomic E-state index is 13.7. The molecule has 2 fully saturated rings. The molecule has 2 aromatic carbocycles. The van der Waals surface area contributed by atoms with Crippen molar-refractivity contribution in [2.24, 2.45) is 0 Å². The maximum absolute atomic E-state index is 13.7. The third kappa shape index (κ3) is 4.65. The van der Waals surface area contributed by atoms with E-state index in [1.54, 1.807) is 24.3 Å². The molecule has 1 aromatic heterocycles. The summed E-state index contributed by atoms with van der Waals surface area (Å²) in [6.45, 7) is 3.72. The standard InChI is InChI=1S/C27H33N5O4S/c1-17-14-26(33)29-22-9-7-18(15-20(17)22)28-27(34)21-16-19(37(35,36)30(2)3)8-10-23(21)32-13-11-24-25(32)6-5-12-31(24)4/h7-10,14-16,24-25H,5-6,11-13H2,1-4H3,(H,28,34)(H,29,33). The summed E-state index contributed by atoms with van der Waals surface area (Å²) >= 11 is 0. The lowest BCUT2D eigenvalue weighted by Crippen LogP contribution is -2.48. The number of rotatable bonds is 5. The number of benzene rings is 2. The average Bonchev–Trinajstić information content (AvgIpc) is 3.29. The Balaban J connectivity index is 1.55. The molecule has 37 heavy (non-hydrogen) atoms. The first-order valence-electron chi connectivity index (χ1n) is 12.5. The summed E-state index contributed by atoms with van der Waals surface area (Å²) in [4.78, 5) is 33.1. The van der Waals surface area contributed by atoms with Gasteiger partial charge in [0.2, 0.25) is 15.6 Å². The summed E-state index contributed by atoms with van der Waals surface area (Å²) in [6.07, 6.45) is 3.12. The van der Waals surface area contributed by atoms with E-state index in [1.807, 2.05) is 13.0 Å². The zero-order chi connectivity index (χ0) is 26.5. The monoisotopic (exact) mass is 523 g/mol. The zero-order valence-corrected chi connectivity index (χ0v) is 22.4. The van der Waals surface area contributed by atoms with Crippen LogP contribution in [0.1, 0.15) is 35.2 Å². The molecule has 0 bridgehead atoms. The normalized spacial score (nSPS) is 20.4. The van der Waals surface area contributed by atoms with E-state index in [0.29, 0.717) is 22.8 Å². The van der Waals surface area contributed by atoms with Gasteiger partial charge in [0.25, 0.3) is 5.91 Å². The quantitative estimate of drug-likeness (QED) is 0.533. The van der Waals surface area contributed by atoms with E-state index in [-0.39, 0.29) is 22.4 Å². The lowest BCUT2D eigenvalue weighted by molar-refractivity contribution is 0.102. The molecular weight excluding hydrogens is 490 g/mol. The van der Waals surface area contributed by atoms with Gasteiger partial charge in [0.15, 0.2) is 0 Å². The minimum absolute atomic E-state index is 0.0786. The largest absolute Gasteiger partial charge is 0.366 e. The number of amides is 1. The number of fused-ring (bicyclic) bond motifs is 2. The van der Waals surface area contributed by atoms with Gasteiger partial charge in [-0.05, 0) is 81.7 Å². The van der Waals surface area contributed by atoms with E-state index >= 15 is 0 Å². The molecule has 5 rings (SSSR count). The highest BCUT2D eigenvalue weighted by Gasteiger charge is 2.40. The summed E-state index contributed by atoms with van der Waals surface area (Å²) in [7, 11) is 1.38. The van der Waals surface area contributed by atoms with Crippen molar-refractivity contribution >= 4 is 38.2 Å². The van der Waals surface area contributed by atoms with Crippen LogP contribution in [0.5, 0.6) is 0 Å². The number of hydrogen-bond donors (Lipinski definition) is 2. The van der Waals surface area contributed by atoms with Crippen molar-refractivity contribution in [2.75, 3.05) is 44.4 Å². The van der Waals surface area contributed by atoms with Crippen LogP contribution in [-0.4, -0.2) is 74.8 Å². The number of pyridine rings is 1. The number of nitrogens with zero attached hydrogens (tertiary/aromatic N) is 3. The smallest absolute Gasteiger partial charge is 0.257 e. The molecule has 3 aromatic rings. The first kappa shape index (κ1) is 25.4. The van der Waals surface area contributed by atoms with Crippen molar-refractivity contribution < 1.29 is 13.2 Å². The molecular formula is C27H33N5O4S. The van der Waals surface area contributed by atoms with E-state index in [1.165, 1.54) is 26.2 Å². The maximum Gasteiger partial charge on any atom is 0.257 e. The number of nitrogens with one attached hydrogen (secondary N) is 2. The van der Waals surface area contributed by atoms with Crippen LogP contribution < -0.4 is 15.8 Å². The number of aromatic nitrogens is 1. The van der Waals surface area contributed by atoms with Crippen LogP contribution in [-0.2, 0) is 10.0 Å². The zero-order valence-electron chi connectivity index (χ0n) is 21.6. The van der Waals surface area contributed by atoms with Crippen LogP contribution in [0.2, 0.25) is 0 Å². The molecule has 2 aliphatic rings. The van der Waals surface area contributed by atoms with Gasteiger partial charge in [0.05, 0.1) is 10.5 Å². The predicted molar refractivity (Wildman–Crippen MR) is 146 cm³/mol. The number of likely N-dealkylation sites (N-methyl/N-ethyl adjacent to an activating group) is 1. The van der Waals surface area contributed by atoms with E-state index in [4.69, 9.17) is 0 Å². The molecule has 2 saturated heterocycles. The first-order chi connectivity index (χ1) is 17.6. The van der Waals surface area contributed by atoms with Gasteiger partial charge in [-0.25, -0.2) is 12.7 Å². The number of H-pyrrole nitrogens is 1.